The Morgan fingerprint density at radius 3 is 2.60 bits per heavy atom. The molecule has 0 spiro atoms. The maximum atomic E-state index is 11.6. The predicted molar refractivity (Wildman–Crippen MR) is 109 cm³/mol. The van der Waals surface area contributed by atoms with E-state index in [2.05, 4.69) is 9.97 Å². The lowest BCUT2D eigenvalue weighted by Gasteiger charge is -2.41. The summed E-state index contributed by atoms with van der Waals surface area (Å²) in [6, 6.07) is 13.0. The molecule has 30 heavy (non-hydrogen) atoms. The van der Waals surface area contributed by atoms with E-state index in [9.17, 15) is 15.0 Å². The molecular formula is C23H24N2O5. The largest absolute Gasteiger partial charge is 0.481 e. The van der Waals surface area contributed by atoms with Crippen LogP contribution < -0.4 is 4.74 Å². The van der Waals surface area contributed by atoms with Crippen LogP contribution in [-0.2, 0) is 11.2 Å². The Bertz CT molecular complexity index is 1010. The molecule has 1 atom stereocenters. The minimum absolute atomic E-state index is 0.371. The van der Waals surface area contributed by atoms with Crippen molar-refractivity contribution in [1.29, 1.82) is 0 Å². The van der Waals surface area contributed by atoms with Crippen molar-refractivity contribution in [3.05, 3.63) is 65.7 Å². The van der Waals surface area contributed by atoms with Gasteiger partial charge in [-0.3, -0.25) is 4.79 Å². The van der Waals surface area contributed by atoms with Crippen LogP contribution >= 0.6 is 0 Å². The smallest absolute Gasteiger partial charge is 0.312 e. The average molecular weight is 408 g/mol. The molecule has 1 aromatic carbocycles. The van der Waals surface area contributed by atoms with Crippen LogP contribution in [0.4, 0.5) is 0 Å². The summed E-state index contributed by atoms with van der Waals surface area (Å²) in [5.74, 6) is 0.791. The second-order valence-electron chi connectivity index (χ2n) is 7.63. The molecule has 3 aromatic rings. The standard InChI is InChI=1S/C23H24N2O5/c1-15-18(25-21(30-15)16-6-3-2-4-7-16)10-13-29-19-9-8-17(14-24-19)20(26)23(22(27)28)11-5-12-23/h2-4,6-9,14,20,26H,5,10-13H2,1H3,(H,27,28). The number of ether oxygens (including phenoxy) is 1. The highest BCUT2D eigenvalue weighted by Crippen LogP contribution is 2.50. The summed E-state index contributed by atoms with van der Waals surface area (Å²) in [6.07, 6.45) is 2.74. The summed E-state index contributed by atoms with van der Waals surface area (Å²) in [5.41, 5.74) is 1.15. The number of hydrogen-bond acceptors (Lipinski definition) is 6. The highest BCUT2D eigenvalue weighted by molar-refractivity contribution is 5.76. The predicted octanol–water partition coefficient (Wildman–Crippen LogP) is 3.95. The van der Waals surface area contributed by atoms with E-state index >= 15 is 0 Å². The number of aryl methyl sites for hydroxylation is 1. The lowest BCUT2D eigenvalue weighted by atomic mass is 9.64. The topological polar surface area (TPSA) is 106 Å². The number of hydrogen-bond donors (Lipinski definition) is 2. The highest BCUT2D eigenvalue weighted by Gasteiger charge is 2.50. The number of aromatic nitrogens is 2. The number of rotatable bonds is 8. The molecule has 156 valence electrons. The third-order valence-electron chi connectivity index (χ3n) is 5.77. The number of aliphatic hydroxyl groups excluding tert-OH is 1. The first-order valence-corrected chi connectivity index (χ1v) is 10.0. The second kappa shape index (κ2) is 8.28. The Hall–Kier alpha value is -3.19. The van der Waals surface area contributed by atoms with E-state index in [1.54, 1.807) is 12.1 Å². The van der Waals surface area contributed by atoms with E-state index in [0.717, 1.165) is 23.4 Å². The third kappa shape index (κ3) is 3.80. The summed E-state index contributed by atoms with van der Waals surface area (Å²) >= 11 is 0. The van der Waals surface area contributed by atoms with Gasteiger partial charge in [0.05, 0.1) is 23.8 Å². The number of carbonyl (C=O) groups is 1. The van der Waals surface area contributed by atoms with E-state index in [4.69, 9.17) is 9.15 Å². The molecule has 7 heteroatoms. The summed E-state index contributed by atoms with van der Waals surface area (Å²) in [5, 5.41) is 20.0. The number of benzene rings is 1. The van der Waals surface area contributed by atoms with Gasteiger partial charge in [0.2, 0.25) is 11.8 Å². The van der Waals surface area contributed by atoms with Crippen LogP contribution in [-0.4, -0.2) is 32.8 Å². The molecule has 4 rings (SSSR count). The number of nitrogens with zero attached hydrogens (tertiary/aromatic N) is 2. The molecule has 2 aromatic heterocycles. The maximum Gasteiger partial charge on any atom is 0.312 e. The fraction of sp³-hybridized carbons (Fsp3) is 0.348. The van der Waals surface area contributed by atoms with E-state index in [-0.39, 0.29) is 0 Å². The molecule has 0 radical (unpaired) electrons. The Kier molecular flexibility index (Phi) is 5.55. The van der Waals surface area contributed by atoms with Crippen LogP contribution in [0.3, 0.4) is 0 Å². The van der Waals surface area contributed by atoms with Crippen molar-refractivity contribution < 1.29 is 24.2 Å². The number of aliphatic hydroxyl groups is 1. The van der Waals surface area contributed by atoms with E-state index in [1.165, 1.54) is 6.20 Å². The zero-order valence-electron chi connectivity index (χ0n) is 16.7. The van der Waals surface area contributed by atoms with E-state index < -0.39 is 17.5 Å². The highest BCUT2D eigenvalue weighted by atomic mass is 16.5. The summed E-state index contributed by atoms with van der Waals surface area (Å²) < 4.78 is 11.5. The van der Waals surface area contributed by atoms with Crippen LogP contribution in [0, 0.1) is 12.3 Å². The van der Waals surface area contributed by atoms with Crippen LogP contribution in [0.5, 0.6) is 5.88 Å². The summed E-state index contributed by atoms with van der Waals surface area (Å²) in [6.45, 7) is 2.25. The van der Waals surface area contributed by atoms with Crippen LogP contribution in [0.15, 0.2) is 53.1 Å². The molecule has 1 aliphatic carbocycles. The van der Waals surface area contributed by atoms with Gasteiger partial charge in [0.1, 0.15) is 5.76 Å². The lowest BCUT2D eigenvalue weighted by Crippen LogP contribution is -2.43. The molecule has 1 aliphatic rings. The van der Waals surface area contributed by atoms with Crippen molar-refractivity contribution in [3.63, 3.8) is 0 Å². The second-order valence-corrected chi connectivity index (χ2v) is 7.63. The molecule has 2 heterocycles. The zero-order chi connectivity index (χ0) is 21.1. The number of pyridine rings is 1. The van der Waals surface area contributed by atoms with Gasteiger partial charge in [-0.25, -0.2) is 9.97 Å². The van der Waals surface area contributed by atoms with Gasteiger partial charge in [0.15, 0.2) is 0 Å². The van der Waals surface area contributed by atoms with Crippen molar-refractivity contribution in [2.45, 2.75) is 38.7 Å². The monoisotopic (exact) mass is 408 g/mol. The fourth-order valence-electron chi connectivity index (χ4n) is 3.74. The minimum atomic E-state index is -1.09. The Labute approximate surface area is 174 Å². The van der Waals surface area contributed by atoms with Gasteiger partial charge in [-0.1, -0.05) is 24.6 Å². The van der Waals surface area contributed by atoms with Gasteiger partial charge in [-0.2, -0.15) is 0 Å². The number of oxazole rings is 1. The first kappa shape index (κ1) is 20.1. The van der Waals surface area contributed by atoms with Crippen molar-refractivity contribution >= 4 is 5.97 Å². The average Bonchev–Trinajstić information content (AvgIpc) is 3.09. The molecule has 2 N–H and O–H groups in total. The van der Waals surface area contributed by atoms with Gasteiger partial charge < -0.3 is 19.4 Å². The number of aliphatic carboxylic acids is 1. The minimum Gasteiger partial charge on any atom is -0.481 e. The maximum absolute atomic E-state index is 11.6. The van der Waals surface area contributed by atoms with Gasteiger partial charge >= 0.3 is 5.97 Å². The quantitative estimate of drug-likeness (QED) is 0.581. The first-order chi connectivity index (χ1) is 14.5. The van der Waals surface area contributed by atoms with Crippen LogP contribution in [0.25, 0.3) is 11.5 Å². The molecule has 0 bridgehead atoms. The van der Waals surface area contributed by atoms with Gasteiger partial charge in [-0.15, -0.1) is 0 Å². The molecule has 0 saturated heterocycles. The zero-order valence-corrected chi connectivity index (χ0v) is 16.7. The molecular weight excluding hydrogens is 384 g/mol. The molecule has 1 unspecified atom stereocenters. The van der Waals surface area contributed by atoms with Crippen molar-refractivity contribution in [1.82, 2.24) is 9.97 Å². The molecule has 0 aliphatic heterocycles. The number of carboxylic acid groups (broad SMARTS) is 1. The SMILES string of the molecule is Cc1oc(-c2ccccc2)nc1CCOc1ccc(C(O)C2(C(=O)O)CCC2)cn1. The molecule has 7 nitrogen and oxygen atoms in total. The molecule has 1 saturated carbocycles. The Balaban J connectivity index is 1.35. The summed E-state index contributed by atoms with van der Waals surface area (Å²) in [7, 11) is 0. The van der Waals surface area contributed by atoms with Crippen LogP contribution in [0.2, 0.25) is 0 Å². The van der Waals surface area contributed by atoms with Gasteiger partial charge in [-0.05, 0) is 38.0 Å². The lowest BCUT2D eigenvalue weighted by molar-refractivity contribution is -0.166. The number of carboxylic acids is 1. The van der Waals surface area contributed by atoms with Crippen molar-refractivity contribution in [2.24, 2.45) is 5.41 Å². The first-order valence-electron chi connectivity index (χ1n) is 10.0. The van der Waals surface area contributed by atoms with E-state index in [1.807, 2.05) is 37.3 Å². The Morgan fingerprint density at radius 2 is 2.00 bits per heavy atom. The van der Waals surface area contributed by atoms with Crippen LogP contribution in [0.1, 0.15) is 42.4 Å². The Morgan fingerprint density at radius 1 is 1.23 bits per heavy atom. The van der Waals surface area contributed by atoms with E-state index in [0.29, 0.717) is 43.2 Å². The molecule has 1 fully saturated rings. The fourth-order valence-corrected chi connectivity index (χ4v) is 3.74. The van der Waals surface area contributed by atoms with Crippen molar-refractivity contribution in [3.8, 4) is 17.3 Å². The molecule has 0 amide bonds. The summed E-state index contributed by atoms with van der Waals surface area (Å²) in [4.78, 5) is 20.3. The third-order valence-corrected chi connectivity index (χ3v) is 5.77. The normalized spacial score (nSPS) is 15.9. The van der Waals surface area contributed by atoms with Crippen molar-refractivity contribution in [2.75, 3.05) is 6.61 Å². The van der Waals surface area contributed by atoms with Gasteiger partial charge in [0.25, 0.3) is 0 Å². The van der Waals surface area contributed by atoms with Gasteiger partial charge in [0, 0.05) is 29.8 Å².